The lowest BCUT2D eigenvalue weighted by molar-refractivity contribution is 0.0227. The van der Waals surface area contributed by atoms with Crippen LogP contribution in [0.15, 0.2) is 18.2 Å². The number of aryl methyl sites for hydroxylation is 1. The molecule has 0 atom stereocenters. The Morgan fingerprint density at radius 1 is 1.30 bits per heavy atom. The fraction of sp³-hybridized carbons (Fsp3) is 0.533. The Labute approximate surface area is 124 Å². The number of halogens is 1. The van der Waals surface area contributed by atoms with Gasteiger partial charge in [-0.1, -0.05) is 17.7 Å². The van der Waals surface area contributed by atoms with Gasteiger partial charge in [0.2, 0.25) is 0 Å². The van der Waals surface area contributed by atoms with Crippen molar-refractivity contribution in [1.82, 2.24) is 15.1 Å². The third-order valence-corrected chi connectivity index (χ3v) is 4.64. The SMILES string of the molecule is Cc1ccc(C(=O)N2CC(N3CCNCC3)C2)cc1Cl. The molecule has 0 aromatic heterocycles. The van der Waals surface area contributed by atoms with E-state index in [9.17, 15) is 4.79 Å². The third-order valence-electron chi connectivity index (χ3n) is 4.24. The molecule has 4 nitrogen and oxygen atoms in total. The van der Waals surface area contributed by atoms with E-state index in [4.69, 9.17) is 11.6 Å². The molecule has 1 amide bonds. The van der Waals surface area contributed by atoms with E-state index >= 15 is 0 Å². The maximum Gasteiger partial charge on any atom is 0.254 e. The lowest BCUT2D eigenvalue weighted by Crippen LogP contribution is -2.63. The number of amides is 1. The van der Waals surface area contributed by atoms with Crippen molar-refractivity contribution in [2.24, 2.45) is 0 Å². The summed E-state index contributed by atoms with van der Waals surface area (Å²) in [5.74, 6) is 0.0956. The molecule has 1 aromatic carbocycles. The molecule has 20 heavy (non-hydrogen) atoms. The van der Waals surface area contributed by atoms with E-state index in [-0.39, 0.29) is 5.91 Å². The average molecular weight is 294 g/mol. The standard InChI is InChI=1S/C15H20ClN3O/c1-11-2-3-12(8-14(11)16)15(20)19-9-13(10-19)18-6-4-17-5-7-18/h2-3,8,13,17H,4-7,9-10H2,1H3. The number of nitrogens with zero attached hydrogens (tertiary/aromatic N) is 2. The first kappa shape index (κ1) is 13.9. The van der Waals surface area contributed by atoms with Crippen LogP contribution in [0.1, 0.15) is 15.9 Å². The van der Waals surface area contributed by atoms with Crippen LogP contribution in [0.2, 0.25) is 5.02 Å². The predicted molar refractivity (Wildman–Crippen MR) is 80.3 cm³/mol. The number of likely N-dealkylation sites (tertiary alicyclic amines) is 1. The Morgan fingerprint density at radius 2 is 2.00 bits per heavy atom. The Hall–Kier alpha value is -1.10. The predicted octanol–water partition coefficient (Wildman–Crippen LogP) is 1.38. The van der Waals surface area contributed by atoms with Gasteiger partial charge in [-0.15, -0.1) is 0 Å². The highest BCUT2D eigenvalue weighted by Gasteiger charge is 2.35. The van der Waals surface area contributed by atoms with Gasteiger partial charge in [0.1, 0.15) is 0 Å². The molecule has 1 N–H and O–H groups in total. The highest BCUT2D eigenvalue weighted by atomic mass is 35.5. The molecule has 1 aromatic rings. The smallest absolute Gasteiger partial charge is 0.254 e. The zero-order valence-electron chi connectivity index (χ0n) is 11.7. The summed E-state index contributed by atoms with van der Waals surface area (Å²) in [7, 11) is 0. The summed E-state index contributed by atoms with van der Waals surface area (Å²) in [5.41, 5.74) is 1.70. The molecule has 2 fully saturated rings. The zero-order chi connectivity index (χ0) is 14.1. The highest BCUT2D eigenvalue weighted by molar-refractivity contribution is 6.31. The molecule has 2 heterocycles. The van der Waals surface area contributed by atoms with Crippen molar-refractivity contribution in [2.45, 2.75) is 13.0 Å². The molecule has 0 aliphatic carbocycles. The number of rotatable bonds is 2. The van der Waals surface area contributed by atoms with E-state index in [1.807, 2.05) is 24.0 Å². The second-order valence-electron chi connectivity index (χ2n) is 5.61. The molecule has 3 rings (SSSR count). The molecule has 2 saturated heterocycles. The van der Waals surface area contributed by atoms with Gasteiger partial charge in [-0.05, 0) is 24.6 Å². The number of benzene rings is 1. The maximum atomic E-state index is 12.4. The first-order valence-electron chi connectivity index (χ1n) is 7.15. The minimum absolute atomic E-state index is 0.0956. The highest BCUT2D eigenvalue weighted by Crippen LogP contribution is 2.22. The summed E-state index contributed by atoms with van der Waals surface area (Å²) in [6.45, 7) is 7.90. The molecule has 108 valence electrons. The van der Waals surface area contributed by atoms with Crippen molar-refractivity contribution in [3.63, 3.8) is 0 Å². The fourth-order valence-corrected chi connectivity index (χ4v) is 2.99. The molecule has 2 aliphatic rings. The summed E-state index contributed by atoms with van der Waals surface area (Å²) in [6.07, 6.45) is 0. The number of piperazine rings is 1. The van der Waals surface area contributed by atoms with Crippen LogP contribution in [-0.2, 0) is 0 Å². The average Bonchev–Trinajstić information content (AvgIpc) is 2.41. The van der Waals surface area contributed by atoms with Crippen molar-refractivity contribution >= 4 is 17.5 Å². The largest absolute Gasteiger partial charge is 0.335 e. The van der Waals surface area contributed by atoms with E-state index in [0.717, 1.165) is 44.8 Å². The molecule has 0 unspecified atom stereocenters. The van der Waals surface area contributed by atoms with Crippen molar-refractivity contribution in [2.75, 3.05) is 39.3 Å². The zero-order valence-corrected chi connectivity index (χ0v) is 12.5. The van der Waals surface area contributed by atoms with Gasteiger partial charge in [0, 0.05) is 55.9 Å². The second kappa shape index (κ2) is 5.72. The Kier molecular flexibility index (Phi) is 3.96. The molecule has 5 heteroatoms. The van der Waals surface area contributed by atoms with Gasteiger partial charge in [0.05, 0.1) is 0 Å². The Morgan fingerprint density at radius 3 is 2.65 bits per heavy atom. The lowest BCUT2D eigenvalue weighted by Gasteiger charge is -2.46. The van der Waals surface area contributed by atoms with E-state index in [2.05, 4.69) is 10.2 Å². The second-order valence-corrected chi connectivity index (χ2v) is 6.02. The number of hydrogen-bond donors (Lipinski definition) is 1. The van der Waals surface area contributed by atoms with Gasteiger partial charge in [0.25, 0.3) is 5.91 Å². The van der Waals surface area contributed by atoms with Crippen LogP contribution < -0.4 is 5.32 Å². The van der Waals surface area contributed by atoms with Crippen LogP contribution in [0.3, 0.4) is 0 Å². The number of carbonyl (C=O) groups excluding carboxylic acids is 1. The van der Waals surface area contributed by atoms with Crippen LogP contribution in [0.5, 0.6) is 0 Å². The summed E-state index contributed by atoms with van der Waals surface area (Å²) < 4.78 is 0. The van der Waals surface area contributed by atoms with Crippen molar-refractivity contribution < 1.29 is 4.79 Å². The number of carbonyl (C=O) groups is 1. The van der Waals surface area contributed by atoms with Crippen LogP contribution >= 0.6 is 11.6 Å². The summed E-state index contributed by atoms with van der Waals surface area (Å²) in [6, 6.07) is 6.07. The summed E-state index contributed by atoms with van der Waals surface area (Å²) in [5, 5.41) is 4.01. The van der Waals surface area contributed by atoms with Crippen molar-refractivity contribution in [1.29, 1.82) is 0 Å². The minimum Gasteiger partial charge on any atom is -0.335 e. The molecule has 2 aliphatic heterocycles. The van der Waals surface area contributed by atoms with E-state index in [1.165, 1.54) is 0 Å². The Balaban J connectivity index is 1.58. The van der Waals surface area contributed by atoms with Crippen molar-refractivity contribution in [3.05, 3.63) is 34.3 Å². The van der Waals surface area contributed by atoms with E-state index in [0.29, 0.717) is 16.6 Å². The van der Waals surface area contributed by atoms with Gasteiger partial charge in [-0.25, -0.2) is 0 Å². The molecular weight excluding hydrogens is 274 g/mol. The Bertz CT molecular complexity index is 508. The van der Waals surface area contributed by atoms with E-state index in [1.54, 1.807) is 6.07 Å². The van der Waals surface area contributed by atoms with Crippen LogP contribution in [0.25, 0.3) is 0 Å². The van der Waals surface area contributed by atoms with Crippen molar-refractivity contribution in [3.8, 4) is 0 Å². The van der Waals surface area contributed by atoms with Crippen LogP contribution in [0.4, 0.5) is 0 Å². The number of hydrogen-bond acceptors (Lipinski definition) is 3. The summed E-state index contributed by atoms with van der Waals surface area (Å²) >= 11 is 6.09. The minimum atomic E-state index is 0.0956. The van der Waals surface area contributed by atoms with Crippen LogP contribution in [-0.4, -0.2) is 61.0 Å². The monoisotopic (exact) mass is 293 g/mol. The van der Waals surface area contributed by atoms with Gasteiger partial charge in [0.15, 0.2) is 0 Å². The third kappa shape index (κ3) is 2.68. The van der Waals surface area contributed by atoms with Gasteiger partial charge >= 0.3 is 0 Å². The van der Waals surface area contributed by atoms with Gasteiger partial charge < -0.3 is 10.2 Å². The molecular formula is C15H20ClN3O. The maximum absolute atomic E-state index is 12.4. The fourth-order valence-electron chi connectivity index (χ4n) is 2.81. The topological polar surface area (TPSA) is 35.6 Å². The molecule has 0 saturated carbocycles. The quantitative estimate of drug-likeness (QED) is 0.895. The molecule has 0 radical (unpaired) electrons. The lowest BCUT2D eigenvalue weighted by atomic mass is 10.0. The first-order valence-corrected chi connectivity index (χ1v) is 7.53. The molecule has 0 bridgehead atoms. The van der Waals surface area contributed by atoms with Gasteiger partial charge in [-0.2, -0.15) is 0 Å². The molecule has 0 spiro atoms. The van der Waals surface area contributed by atoms with Crippen LogP contribution in [0, 0.1) is 6.92 Å². The van der Waals surface area contributed by atoms with E-state index < -0.39 is 0 Å². The number of nitrogens with one attached hydrogen (secondary N) is 1. The first-order chi connectivity index (χ1) is 9.65. The normalized spacial score (nSPS) is 20.8. The van der Waals surface area contributed by atoms with Gasteiger partial charge in [-0.3, -0.25) is 9.69 Å². The summed E-state index contributed by atoms with van der Waals surface area (Å²) in [4.78, 5) is 16.7.